The molecule has 2 rings (SSSR count). The first-order chi connectivity index (χ1) is 9.04. The molecule has 0 aliphatic heterocycles. The van der Waals surface area contributed by atoms with Crippen molar-refractivity contribution in [1.29, 1.82) is 0 Å². The van der Waals surface area contributed by atoms with Crippen molar-refractivity contribution in [3.8, 4) is 17.2 Å². The van der Waals surface area contributed by atoms with Gasteiger partial charge in [0, 0.05) is 9.64 Å². The molecule has 0 saturated heterocycles. The predicted octanol–water partition coefficient (Wildman–Crippen LogP) is 4.45. The maximum absolute atomic E-state index is 5.87. The van der Waals surface area contributed by atoms with Crippen LogP contribution in [0.15, 0.2) is 42.5 Å². The van der Waals surface area contributed by atoms with E-state index < -0.39 is 0 Å². The molecule has 4 heteroatoms. The van der Waals surface area contributed by atoms with E-state index in [1.807, 2.05) is 50.2 Å². The number of rotatable bonds is 4. The molecule has 0 radical (unpaired) electrons. The molecular weight excluding hydrogens is 353 g/mol. The van der Waals surface area contributed by atoms with Crippen LogP contribution in [0.5, 0.6) is 17.2 Å². The van der Waals surface area contributed by atoms with E-state index in [1.165, 1.54) is 0 Å². The van der Waals surface area contributed by atoms with Crippen LogP contribution >= 0.6 is 22.6 Å². The number of benzene rings is 2. The summed E-state index contributed by atoms with van der Waals surface area (Å²) in [6.45, 7) is 3.93. The summed E-state index contributed by atoms with van der Waals surface area (Å²) >= 11 is 2.25. The Labute approximate surface area is 126 Å². The fraction of sp³-hybridized carbons (Fsp3) is 0.200. The Kier molecular flexibility index (Phi) is 4.52. The average Bonchev–Trinajstić information content (AvgIpc) is 2.33. The molecule has 0 fully saturated rings. The molecule has 2 aromatic carbocycles. The third-order valence-corrected chi connectivity index (χ3v) is 3.05. The lowest BCUT2D eigenvalue weighted by molar-refractivity contribution is 0.243. The van der Waals surface area contributed by atoms with Crippen molar-refractivity contribution in [1.82, 2.24) is 0 Å². The summed E-state index contributed by atoms with van der Waals surface area (Å²) in [7, 11) is 0. The first-order valence-electron chi connectivity index (χ1n) is 6.04. The van der Waals surface area contributed by atoms with E-state index >= 15 is 0 Å². The Morgan fingerprint density at radius 3 is 2.47 bits per heavy atom. The van der Waals surface area contributed by atoms with Crippen molar-refractivity contribution in [3.63, 3.8) is 0 Å². The van der Waals surface area contributed by atoms with Gasteiger partial charge in [0.2, 0.25) is 0 Å². The molecule has 0 amide bonds. The van der Waals surface area contributed by atoms with E-state index in [9.17, 15) is 0 Å². The number of nitrogen functional groups attached to an aromatic ring is 1. The van der Waals surface area contributed by atoms with Crippen molar-refractivity contribution < 1.29 is 9.47 Å². The molecule has 0 aliphatic rings. The maximum Gasteiger partial charge on any atom is 0.146 e. The van der Waals surface area contributed by atoms with E-state index in [1.54, 1.807) is 6.07 Å². The van der Waals surface area contributed by atoms with Gasteiger partial charge in [0.15, 0.2) is 0 Å². The summed E-state index contributed by atoms with van der Waals surface area (Å²) in [5.74, 6) is 2.16. The molecule has 3 nitrogen and oxygen atoms in total. The van der Waals surface area contributed by atoms with Gasteiger partial charge in [-0.2, -0.15) is 0 Å². The highest BCUT2D eigenvalue weighted by Gasteiger charge is 2.06. The van der Waals surface area contributed by atoms with E-state index in [0.717, 1.165) is 9.32 Å². The Hall–Kier alpha value is -1.43. The van der Waals surface area contributed by atoms with Gasteiger partial charge in [-0.1, -0.05) is 6.07 Å². The molecule has 0 unspecified atom stereocenters. The quantitative estimate of drug-likeness (QED) is 0.640. The second-order valence-electron chi connectivity index (χ2n) is 4.43. The summed E-state index contributed by atoms with van der Waals surface area (Å²) in [6.07, 6.45) is 0.0789. The molecule has 0 atom stereocenters. The summed E-state index contributed by atoms with van der Waals surface area (Å²) in [4.78, 5) is 0. The number of ether oxygens (including phenoxy) is 2. The number of anilines is 1. The lowest BCUT2D eigenvalue weighted by Crippen LogP contribution is -2.07. The van der Waals surface area contributed by atoms with Gasteiger partial charge < -0.3 is 15.2 Å². The van der Waals surface area contributed by atoms with E-state index in [4.69, 9.17) is 15.2 Å². The molecule has 0 aliphatic carbocycles. The van der Waals surface area contributed by atoms with Crippen LogP contribution in [0.3, 0.4) is 0 Å². The largest absolute Gasteiger partial charge is 0.489 e. The van der Waals surface area contributed by atoms with Gasteiger partial charge in [0.25, 0.3) is 0 Å². The molecule has 19 heavy (non-hydrogen) atoms. The zero-order valence-corrected chi connectivity index (χ0v) is 13.0. The van der Waals surface area contributed by atoms with Crippen LogP contribution in [0.25, 0.3) is 0 Å². The van der Waals surface area contributed by atoms with E-state index in [-0.39, 0.29) is 6.10 Å². The number of hydrogen-bond donors (Lipinski definition) is 1. The van der Waals surface area contributed by atoms with Crippen LogP contribution in [0.1, 0.15) is 13.8 Å². The summed E-state index contributed by atoms with van der Waals surface area (Å²) < 4.78 is 12.6. The van der Waals surface area contributed by atoms with E-state index in [2.05, 4.69) is 22.6 Å². The van der Waals surface area contributed by atoms with Crippen LogP contribution in [0, 0.1) is 3.57 Å². The van der Waals surface area contributed by atoms with Crippen molar-refractivity contribution in [2.45, 2.75) is 20.0 Å². The molecule has 0 spiro atoms. The zero-order valence-electron chi connectivity index (χ0n) is 10.9. The highest BCUT2D eigenvalue weighted by atomic mass is 127. The van der Waals surface area contributed by atoms with Crippen LogP contribution in [-0.2, 0) is 0 Å². The SMILES string of the molecule is CC(C)Oc1cc(Oc2cccc(I)c2)ccc1N. The minimum absolute atomic E-state index is 0.0789. The molecule has 0 bridgehead atoms. The standard InChI is InChI=1S/C15H16INO2/c1-10(2)18-15-9-13(6-7-14(15)17)19-12-5-3-4-11(16)8-12/h3-10H,17H2,1-2H3. The highest BCUT2D eigenvalue weighted by molar-refractivity contribution is 14.1. The first-order valence-corrected chi connectivity index (χ1v) is 7.12. The molecule has 0 aromatic heterocycles. The second kappa shape index (κ2) is 6.14. The van der Waals surface area contributed by atoms with Crippen molar-refractivity contribution >= 4 is 28.3 Å². The normalized spacial score (nSPS) is 10.5. The Morgan fingerprint density at radius 1 is 1.05 bits per heavy atom. The van der Waals surface area contributed by atoms with E-state index in [0.29, 0.717) is 17.2 Å². The zero-order chi connectivity index (χ0) is 13.8. The molecule has 0 saturated carbocycles. The first kappa shape index (κ1) is 14.0. The van der Waals surface area contributed by atoms with Crippen molar-refractivity contribution in [2.75, 3.05) is 5.73 Å². The lowest BCUT2D eigenvalue weighted by atomic mass is 10.2. The van der Waals surface area contributed by atoms with Gasteiger partial charge in [0.1, 0.15) is 17.2 Å². The fourth-order valence-corrected chi connectivity index (χ4v) is 2.12. The van der Waals surface area contributed by atoms with Crippen molar-refractivity contribution in [3.05, 3.63) is 46.0 Å². The Bertz CT molecular complexity index is 570. The van der Waals surface area contributed by atoms with Gasteiger partial charge in [-0.3, -0.25) is 0 Å². The van der Waals surface area contributed by atoms with Crippen LogP contribution < -0.4 is 15.2 Å². The predicted molar refractivity (Wildman–Crippen MR) is 85.9 cm³/mol. The third kappa shape index (κ3) is 4.02. The summed E-state index contributed by atoms with van der Waals surface area (Å²) in [6, 6.07) is 13.3. The van der Waals surface area contributed by atoms with Crippen molar-refractivity contribution in [2.24, 2.45) is 0 Å². The number of nitrogens with two attached hydrogens (primary N) is 1. The Morgan fingerprint density at radius 2 is 1.79 bits per heavy atom. The second-order valence-corrected chi connectivity index (χ2v) is 5.67. The van der Waals surface area contributed by atoms with Gasteiger partial charge in [-0.05, 0) is 66.8 Å². The lowest BCUT2D eigenvalue weighted by Gasteiger charge is -2.14. The summed E-state index contributed by atoms with van der Waals surface area (Å²) in [5, 5.41) is 0. The molecule has 2 N–H and O–H groups in total. The minimum atomic E-state index is 0.0789. The highest BCUT2D eigenvalue weighted by Crippen LogP contribution is 2.31. The van der Waals surface area contributed by atoms with Crippen LogP contribution in [-0.4, -0.2) is 6.10 Å². The number of hydrogen-bond acceptors (Lipinski definition) is 3. The average molecular weight is 369 g/mol. The monoisotopic (exact) mass is 369 g/mol. The van der Waals surface area contributed by atoms with Gasteiger partial charge in [-0.25, -0.2) is 0 Å². The fourth-order valence-electron chi connectivity index (χ4n) is 1.60. The molecule has 2 aromatic rings. The Balaban J connectivity index is 2.21. The maximum atomic E-state index is 5.87. The number of halogens is 1. The minimum Gasteiger partial charge on any atom is -0.489 e. The molecule has 0 heterocycles. The van der Waals surface area contributed by atoms with Gasteiger partial charge in [-0.15, -0.1) is 0 Å². The molecular formula is C15H16INO2. The molecule has 100 valence electrons. The van der Waals surface area contributed by atoms with Crippen LogP contribution in [0.2, 0.25) is 0 Å². The third-order valence-electron chi connectivity index (χ3n) is 2.38. The smallest absolute Gasteiger partial charge is 0.146 e. The van der Waals surface area contributed by atoms with Gasteiger partial charge >= 0.3 is 0 Å². The van der Waals surface area contributed by atoms with Crippen LogP contribution in [0.4, 0.5) is 5.69 Å². The topological polar surface area (TPSA) is 44.5 Å². The van der Waals surface area contributed by atoms with Gasteiger partial charge in [0.05, 0.1) is 11.8 Å². The summed E-state index contributed by atoms with van der Waals surface area (Å²) in [5.41, 5.74) is 6.49.